The van der Waals surface area contributed by atoms with E-state index in [1.54, 1.807) is 10.9 Å². The molecule has 3 heterocycles. The van der Waals surface area contributed by atoms with Gasteiger partial charge >= 0.3 is 6.18 Å². The summed E-state index contributed by atoms with van der Waals surface area (Å²) in [6, 6.07) is 3.45. The highest BCUT2D eigenvalue weighted by Gasteiger charge is 2.36. The summed E-state index contributed by atoms with van der Waals surface area (Å²) in [4.78, 5) is 14.6. The van der Waals surface area contributed by atoms with Gasteiger partial charge < -0.3 is 4.90 Å². The molecule has 0 N–H and O–H groups in total. The van der Waals surface area contributed by atoms with E-state index in [2.05, 4.69) is 20.5 Å². The number of hydrogen-bond donors (Lipinski definition) is 0. The van der Waals surface area contributed by atoms with Crippen LogP contribution in [0.2, 0.25) is 0 Å². The van der Waals surface area contributed by atoms with E-state index in [0.717, 1.165) is 11.8 Å². The van der Waals surface area contributed by atoms with Crippen molar-refractivity contribution < 1.29 is 18.0 Å². The van der Waals surface area contributed by atoms with Gasteiger partial charge in [-0.2, -0.15) is 18.3 Å². The quantitative estimate of drug-likeness (QED) is 0.751. The van der Waals surface area contributed by atoms with E-state index in [1.165, 1.54) is 24.0 Å². The summed E-state index contributed by atoms with van der Waals surface area (Å²) in [5, 5.41) is 16.1. The Balaban J connectivity index is 1.64. The molecule has 7 nitrogen and oxygen atoms in total. The van der Waals surface area contributed by atoms with E-state index in [4.69, 9.17) is 0 Å². The number of hydrogen-bond acceptors (Lipinski definition) is 5. The van der Waals surface area contributed by atoms with Crippen LogP contribution in [0.4, 0.5) is 13.2 Å². The van der Waals surface area contributed by atoms with E-state index in [-0.39, 0.29) is 23.7 Å². The molecule has 2 aliphatic heterocycles. The van der Waals surface area contributed by atoms with Gasteiger partial charge in [0.05, 0.1) is 17.8 Å². The van der Waals surface area contributed by atoms with Gasteiger partial charge in [0, 0.05) is 30.7 Å². The summed E-state index contributed by atoms with van der Waals surface area (Å²) in [7, 11) is 0. The van der Waals surface area contributed by atoms with E-state index >= 15 is 0 Å². The molecule has 146 valence electrons. The molecule has 1 unspecified atom stereocenters. The van der Waals surface area contributed by atoms with Gasteiger partial charge in [-0.05, 0) is 31.5 Å². The van der Waals surface area contributed by atoms with E-state index in [1.807, 2.05) is 6.92 Å². The van der Waals surface area contributed by atoms with Gasteiger partial charge in [0.25, 0.3) is 5.91 Å². The molecule has 1 atom stereocenters. The summed E-state index contributed by atoms with van der Waals surface area (Å²) >= 11 is 0. The third-order valence-electron chi connectivity index (χ3n) is 5.09. The zero-order valence-electron chi connectivity index (χ0n) is 15.2. The Morgan fingerprint density at radius 3 is 2.75 bits per heavy atom. The number of amides is 1. The topological polar surface area (TPSA) is 75.7 Å². The summed E-state index contributed by atoms with van der Waals surface area (Å²) < 4.78 is 41.2. The van der Waals surface area contributed by atoms with Crippen LogP contribution < -0.4 is 0 Å². The van der Waals surface area contributed by atoms with Crippen molar-refractivity contribution in [3.63, 3.8) is 0 Å². The maximum absolute atomic E-state index is 13.2. The monoisotopic (exact) mass is 390 g/mol. The number of rotatable bonds is 1. The van der Waals surface area contributed by atoms with Crippen LogP contribution >= 0.6 is 0 Å². The third-order valence-corrected chi connectivity index (χ3v) is 5.09. The summed E-state index contributed by atoms with van der Waals surface area (Å²) in [6.07, 6.45) is -1.81. The van der Waals surface area contributed by atoms with Crippen molar-refractivity contribution in [3.05, 3.63) is 46.3 Å². The first-order valence-electron chi connectivity index (χ1n) is 8.77. The molecule has 10 heteroatoms. The Morgan fingerprint density at radius 2 is 2.07 bits per heavy atom. The largest absolute Gasteiger partial charge is 0.416 e. The molecule has 2 aromatic rings. The SMILES string of the molecule is Cc1c(C(=O)N2Cc3nnn(C4=NN=CC4)c3CC2C)cccc1C(F)(F)F. The second-order valence-corrected chi connectivity index (χ2v) is 6.88. The highest BCUT2D eigenvalue weighted by Crippen LogP contribution is 2.34. The second kappa shape index (κ2) is 6.54. The molecule has 0 bridgehead atoms. The fourth-order valence-corrected chi connectivity index (χ4v) is 3.58. The first-order chi connectivity index (χ1) is 13.3. The molecule has 1 amide bonds. The van der Waals surface area contributed by atoms with Gasteiger partial charge in [0.1, 0.15) is 5.69 Å². The Kier molecular flexibility index (Phi) is 4.28. The van der Waals surface area contributed by atoms with Gasteiger partial charge in [-0.3, -0.25) is 4.79 Å². The molecule has 0 spiro atoms. The highest BCUT2D eigenvalue weighted by atomic mass is 19.4. The zero-order chi connectivity index (χ0) is 20.1. The van der Waals surface area contributed by atoms with Crippen LogP contribution in [0.15, 0.2) is 28.4 Å². The van der Waals surface area contributed by atoms with Gasteiger partial charge in [-0.25, -0.2) is 4.68 Å². The van der Waals surface area contributed by atoms with Crippen molar-refractivity contribution in [1.82, 2.24) is 19.9 Å². The van der Waals surface area contributed by atoms with Gasteiger partial charge in [0.2, 0.25) is 0 Å². The number of carbonyl (C=O) groups excluding carboxylic acids is 1. The van der Waals surface area contributed by atoms with E-state index < -0.39 is 17.6 Å². The molecular formula is C18H17F3N6O. The van der Waals surface area contributed by atoms with Crippen LogP contribution in [-0.4, -0.2) is 43.9 Å². The molecule has 1 aromatic heterocycles. The molecule has 1 aromatic carbocycles. The van der Waals surface area contributed by atoms with Gasteiger partial charge in [-0.15, -0.1) is 10.2 Å². The number of benzene rings is 1. The predicted molar refractivity (Wildman–Crippen MR) is 95.2 cm³/mol. The van der Waals surface area contributed by atoms with Crippen molar-refractivity contribution in [2.45, 2.75) is 45.5 Å². The lowest BCUT2D eigenvalue weighted by Gasteiger charge is -2.33. The minimum atomic E-state index is -4.51. The van der Waals surface area contributed by atoms with Crippen LogP contribution in [0.5, 0.6) is 0 Å². The number of carbonyl (C=O) groups is 1. The minimum absolute atomic E-state index is 0.0473. The van der Waals surface area contributed by atoms with Crippen molar-refractivity contribution in [3.8, 4) is 0 Å². The second-order valence-electron chi connectivity index (χ2n) is 6.88. The zero-order valence-corrected chi connectivity index (χ0v) is 15.2. The summed E-state index contributed by atoms with van der Waals surface area (Å²) in [5.74, 6) is 0.215. The lowest BCUT2D eigenvalue weighted by molar-refractivity contribution is -0.138. The Bertz CT molecular complexity index is 1010. The van der Waals surface area contributed by atoms with Crippen LogP contribution in [0.1, 0.15) is 46.2 Å². The van der Waals surface area contributed by atoms with Gasteiger partial charge in [0.15, 0.2) is 5.84 Å². The molecule has 0 radical (unpaired) electrons. The smallest absolute Gasteiger partial charge is 0.329 e. The van der Waals surface area contributed by atoms with E-state index in [0.29, 0.717) is 24.4 Å². The van der Waals surface area contributed by atoms with Crippen LogP contribution in [-0.2, 0) is 19.1 Å². The molecule has 2 aliphatic rings. The van der Waals surface area contributed by atoms with Gasteiger partial charge in [-0.1, -0.05) is 11.3 Å². The fourth-order valence-electron chi connectivity index (χ4n) is 3.58. The van der Waals surface area contributed by atoms with Crippen molar-refractivity contribution in [1.29, 1.82) is 0 Å². The molecular weight excluding hydrogens is 373 g/mol. The van der Waals surface area contributed by atoms with E-state index in [9.17, 15) is 18.0 Å². The first-order valence-corrected chi connectivity index (χ1v) is 8.77. The van der Waals surface area contributed by atoms with Crippen LogP contribution in [0.25, 0.3) is 0 Å². The Labute approximate surface area is 158 Å². The molecule has 0 fully saturated rings. The summed E-state index contributed by atoms with van der Waals surface area (Å²) in [5.41, 5.74) is 0.645. The number of nitrogens with zero attached hydrogens (tertiary/aromatic N) is 6. The van der Waals surface area contributed by atoms with Crippen molar-refractivity contribution >= 4 is 18.0 Å². The fraction of sp³-hybridized carbons (Fsp3) is 0.389. The lowest BCUT2D eigenvalue weighted by atomic mass is 9.98. The number of alkyl halides is 3. The molecule has 4 rings (SSSR count). The minimum Gasteiger partial charge on any atom is -0.329 e. The standard InChI is InChI=1S/C18H17F3N6O/c1-10-8-15-14(23-25-27(15)16-6-7-22-24-16)9-26(10)17(28)12-4-3-5-13(11(12)2)18(19,20)21/h3-5,7,10H,6,8-9H2,1-2H3. The first kappa shape index (κ1) is 18.3. The van der Waals surface area contributed by atoms with Crippen LogP contribution in [0, 0.1) is 6.92 Å². The third kappa shape index (κ3) is 2.98. The molecule has 0 saturated heterocycles. The normalized spacial score (nSPS) is 19.0. The number of fused-ring (bicyclic) bond motifs is 1. The molecule has 0 saturated carbocycles. The lowest BCUT2D eigenvalue weighted by Crippen LogP contribution is -2.43. The maximum Gasteiger partial charge on any atom is 0.416 e. The Hall–Kier alpha value is -3.04. The van der Waals surface area contributed by atoms with Crippen LogP contribution in [0.3, 0.4) is 0 Å². The predicted octanol–water partition coefficient (Wildman–Crippen LogP) is 2.83. The summed E-state index contributed by atoms with van der Waals surface area (Å²) in [6.45, 7) is 3.36. The maximum atomic E-state index is 13.2. The number of aromatic nitrogens is 3. The molecule has 0 aliphatic carbocycles. The molecule has 28 heavy (non-hydrogen) atoms. The van der Waals surface area contributed by atoms with Crippen molar-refractivity contribution in [2.75, 3.05) is 0 Å². The van der Waals surface area contributed by atoms with Crippen molar-refractivity contribution in [2.24, 2.45) is 10.2 Å². The highest BCUT2D eigenvalue weighted by molar-refractivity contribution is 5.98. The average molecular weight is 390 g/mol. The Morgan fingerprint density at radius 1 is 1.29 bits per heavy atom. The number of halogens is 3. The average Bonchev–Trinajstić information content (AvgIpc) is 3.28.